The predicted octanol–water partition coefficient (Wildman–Crippen LogP) is 1.60. The zero-order valence-corrected chi connectivity index (χ0v) is 18.1. The van der Waals surface area contributed by atoms with Gasteiger partial charge in [0, 0.05) is 19.8 Å². The minimum Gasteiger partial charge on any atom is -0.378 e. The van der Waals surface area contributed by atoms with E-state index in [9.17, 15) is 4.79 Å². The van der Waals surface area contributed by atoms with E-state index >= 15 is 0 Å². The van der Waals surface area contributed by atoms with Crippen molar-refractivity contribution in [2.45, 2.75) is 70.0 Å². The maximum atomic E-state index is 12.8. The van der Waals surface area contributed by atoms with E-state index in [1.54, 1.807) is 33.9 Å². The second-order valence-corrected chi connectivity index (χ2v) is 8.81. The van der Waals surface area contributed by atoms with Gasteiger partial charge in [-0.15, -0.1) is 0 Å². The van der Waals surface area contributed by atoms with Crippen molar-refractivity contribution in [2.75, 3.05) is 19.0 Å². The number of carbonyl (C=O) groups excluding carboxylic acids is 1. The first-order valence-corrected chi connectivity index (χ1v) is 10.0. The average Bonchev–Trinajstić information content (AvgIpc) is 3.15. The van der Waals surface area contributed by atoms with E-state index in [1.165, 1.54) is 0 Å². The van der Waals surface area contributed by atoms with E-state index in [1.807, 2.05) is 43.3 Å². The Balaban J connectivity index is 1.45. The molecular weight excluding hydrogens is 390 g/mol. The number of hydrogen-bond acceptors (Lipinski definition) is 8. The van der Waals surface area contributed by atoms with E-state index in [-0.39, 0.29) is 0 Å². The smallest absolute Gasteiger partial charge is 0.272 e. The fourth-order valence-electron chi connectivity index (χ4n) is 3.92. The van der Waals surface area contributed by atoms with Crippen molar-refractivity contribution >= 4 is 17.8 Å². The lowest BCUT2D eigenvalue weighted by Gasteiger charge is -2.36. The summed E-state index contributed by atoms with van der Waals surface area (Å²) in [5.41, 5.74) is 4.48. The molecule has 0 aliphatic carbocycles. The Bertz CT molecular complexity index is 823. The van der Waals surface area contributed by atoms with Crippen molar-refractivity contribution in [2.24, 2.45) is 5.10 Å². The minimum absolute atomic E-state index is 0.431. The van der Waals surface area contributed by atoms with Gasteiger partial charge in [-0.1, -0.05) is 12.1 Å². The molecule has 5 atom stereocenters. The number of rotatable bonds is 4. The first kappa shape index (κ1) is 21.2. The van der Waals surface area contributed by atoms with Gasteiger partial charge in [0.05, 0.1) is 6.21 Å². The molecule has 4 rings (SSSR count). The number of fused-ring (bicyclic) bond motifs is 3. The summed E-state index contributed by atoms with van der Waals surface area (Å²) in [5.74, 6) is -2.13. The van der Waals surface area contributed by atoms with E-state index in [0.717, 1.165) is 11.3 Å². The summed E-state index contributed by atoms with van der Waals surface area (Å²) in [4.78, 5) is 14.9. The van der Waals surface area contributed by atoms with Crippen LogP contribution in [0.4, 0.5) is 5.69 Å². The number of hydrogen-bond donors (Lipinski definition) is 1. The van der Waals surface area contributed by atoms with Crippen LogP contribution in [-0.2, 0) is 28.5 Å². The maximum absolute atomic E-state index is 12.8. The highest BCUT2D eigenvalue weighted by Gasteiger charge is 2.62. The fourth-order valence-corrected chi connectivity index (χ4v) is 3.92. The molecule has 0 spiro atoms. The fraction of sp³-hybridized carbons (Fsp3) is 0.619. The molecule has 9 heteroatoms. The van der Waals surface area contributed by atoms with Crippen LogP contribution in [0, 0.1) is 0 Å². The van der Waals surface area contributed by atoms with Crippen molar-refractivity contribution in [1.29, 1.82) is 0 Å². The molecule has 0 bridgehead atoms. The summed E-state index contributed by atoms with van der Waals surface area (Å²) in [6.07, 6.45) is -1.68. The number of amides is 1. The third-order valence-electron chi connectivity index (χ3n) is 5.21. The number of benzene rings is 1. The van der Waals surface area contributed by atoms with Crippen LogP contribution < -0.4 is 10.3 Å². The Kier molecular flexibility index (Phi) is 5.36. The Morgan fingerprint density at radius 2 is 1.57 bits per heavy atom. The molecule has 0 radical (unpaired) electrons. The Morgan fingerprint density at radius 1 is 0.967 bits per heavy atom. The van der Waals surface area contributed by atoms with Crippen LogP contribution in [-0.4, -0.2) is 68.5 Å². The van der Waals surface area contributed by atoms with Crippen molar-refractivity contribution in [3.05, 3.63) is 29.8 Å². The molecule has 1 aromatic carbocycles. The number of nitrogens with one attached hydrogen (secondary N) is 1. The molecular formula is C21H29N3O6. The first-order valence-electron chi connectivity index (χ1n) is 10.0. The van der Waals surface area contributed by atoms with E-state index in [2.05, 4.69) is 10.5 Å². The van der Waals surface area contributed by atoms with Gasteiger partial charge < -0.3 is 28.6 Å². The van der Waals surface area contributed by atoms with E-state index < -0.39 is 48.2 Å². The lowest BCUT2D eigenvalue weighted by Crippen LogP contribution is -2.59. The molecule has 164 valence electrons. The number of ether oxygens (including phenoxy) is 5. The quantitative estimate of drug-likeness (QED) is 0.586. The number of nitrogens with zero attached hydrogens (tertiary/aromatic N) is 2. The van der Waals surface area contributed by atoms with Crippen LogP contribution in [0.5, 0.6) is 0 Å². The van der Waals surface area contributed by atoms with Crippen molar-refractivity contribution in [1.82, 2.24) is 5.43 Å². The van der Waals surface area contributed by atoms with Gasteiger partial charge in [0.15, 0.2) is 24.0 Å². The molecule has 1 aromatic rings. The number of anilines is 1. The molecule has 0 saturated carbocycles. The van der Waals surface area contributed by atoms with Crippen LogP contribution in [0.1, 0.15) is 33.3 Å². The average molecular weight is 419 g/mol. The highest BCUT2D eigenvalue weighted by molar-refractivity contribution is 5.85. The third kappa shape index (κ3) is 4.21. The lowest BCUT2D eigenvalue weighted by molar-refractivity contribution is -0.231. The number of carbonyl (C=O) groups is 1. The minimum atomic E-state index is -0.941. The number of hydrazone groups is 1. The predicted molar refractivity (Wildman–Crippen MR) is 109 cm³/mol. The summed E-state index contributed by atoms with van der Waals surface area (Å²) in [5, 5.41) is 4.07. The molecule has 0 unspecified atom stereocenters. The van der Waals surface area contributed by atoms with Gasteiger partial charge in [-0.05, 0) is 45.4 Å². The highest BCUT2D eigenvalue weighted by Crippen LogP contribution is 2.44. The highest BCUT2D eigenvalue weighted by atomic mass is 16.9. The van der Waals surface area contributed by atoms with Crippen molar-refractivity contribution in [3.63, 3.8) is 0 Å². The maximum Gasteiger partial charge on any atom is 0.272 e. The summed E-state index contributed by atoms with van der Waals surface area (Å²) >= 11 is 0. The normalized spacial score (nSPS) is 33.9. The zero-order chi connectivity index (χ0) is 21.7. The van der Waals surface area contributed by atoms with E-state index in [4.69, 9.17) is 23.7 Å². The van der Waals surface area contributed by atoms with Crippen molar-refractivity contribution < 1.29 is 28.5 Å². The Hall–Kier alpha value is -2.04. The molecule has 1 amide bonds. The van der Waals surface area contributed by atoms with Crippen LogP contribution in [0.25, 0.3) is 0 Å². The van der Waals surface area contributed by atoms with Gasteiger partial charge in [0.2, 0.25) is 0 Å². The van der Waals surface area contributed by atoms with E-state index in [0.29, 0.717) is 0 Å². The van der Waals surface area contributed by atoms with Crippen molar-refractivity contribution in [3.8, 4) is 0 Å². The van der Waals surface area contributed by atoms with Gasteiger partial charge in [-0.3, -0.25) is 4.79 Å². The summed E-state index contributed by atoms with van der Waals surface area (Å²) in [6.45, 7) is 7.19. The topological polar surface area (TPSA) is 90.9 Å². The molecule has 3 heterocycles. The SMILES string of the molecule is CN(C)c1ccc(/C=N\NC(=O)[C@@H]2O[C@H]3OC(C)(C)O[C@@H]3[C@H]3OC(C)(C)O[C@@H]32)cc1. The molecule has 3 fully saturated rings. The van der Waals surface area contributed by atoms with Gasteiger partial charge in [0.1, 0.15) is 18.3 Å². The first-order chi connectivity index (χ1) is 14.0. The molecule has 9 nitrogen and oxygen atoms in total. The lowest BCUT2D eigenvalue weighted by atomic mass is 9.98. The van der Waals surface area contributed by atoms with Gasteiger partial charge >= 0.3 is 0 Å². The second-order valence-electron chi connectivity index (χ2n) is 8.81. The third-order valence-corrected chi connectivity index (χ3v) is 5.21. The van der Waals surface area contributed by atoms with Crippen LogP contribution >= 0.6 is 0 Å². The summed E-state index contributed by atoms with van der Waals surface area (Å²) < 4.78 is 29.6. The molecule has 3 aliphatic heterocycles. The van der Waals surface area contributed by atoms with Crippen LogP contribution in [0.15, 0.2) is 29.4 Å². The Morgan fingerprint density at radius 3 is 2.23 bits per heavy atom. The van der Waals surface area contributed by atoms with Crippen LogP contribution in [0.3, 0.4) is 0 Å². The zero-order valence-electron chi connectivity index (χ0n) is 18.1. The monoisotopic (exact) mass is 419 g/mol. The molecule has 0 aromatic heterocycles. The summed E-state index contributed by atoms with van der Waals surface area (Å²) in [7, 11) is 3.95. The standard InChI is InChI=1S/C21H29N3O6/c1-20(2)27-14-15(28-20)17-19(30-21(3,4)29-17)26-16(14)18(25)23-22-11-12-7-9-13(10-8-12)24(5)6/h7-11,14-17,19H,1-6H3,(H,23,25)/b22-11-/t14-,15-,16+,17+,19-/m0/s1. The van der Waals surface area contributed by atoms with Gasteiger partial charge in [-0.25, -0.2) is 5.43 Å². The molecule has 3 aliphatic rings. The Labute approximate surface area is 176 Å². The van der Waals surface area contributed by atoms with Gasteiger partial charge in [0.25, 0.3) is 5.91 Å². The molecule has 1 N–H and O–H groups in total. The second kappa shape index (κ2) is 7.58. The summed E-state index contributed by atoms with van der Waals surface area (Å²) in [6, 6.07) is 7.79. The molecule has 30 heavy (non-hydrogen) atoms. The van der Waals surface area contributed by atoms with Crippen LogP contribution in [0.2, 0.25) is 0 Å². The van der Waals surface area contributed by atoms with Gasteiger partial charge in [-0.2, -0.15) is 5.10 Å². The largest absolute Gasteiger partial charge is 0.378 e. The molecule has 3 saturated heterocycles.